The summed E-state index contributed by atoms with van der Waals surface area (Å²) in [5, 5.41) is 3.51. The van der Waals surface area contributed by atoms with Crippen LogP contribution in [0.2, 0.25) is 0 Å². The molecule has 1 unspecified atom stereocenters. The fourth-order valence-electron chi connectivity index (χ4n) is 2.74. The molecule has 2 heterocycles. The summed E-state index contributed by atoms with van der Waals surface area (Å²) in [6, 6.07) is 2.22. The quantitative estimate of drug-likeness (QED) is 0.906. The second kappa shape index (κ2) is 5.59. The Hall–Kier alpha value is -0.940. The maximum atomic E-state index is 5.92. The maximum absolute atomic E-state index is 5.92. The molecule has 0 spiro atoms. The summed E-state index contributed by atoms with van der Waals surface area (Å²) in [4.78, 5) is 0. The van der Waals surface area contributed by atoms with Crippen LogP contribution < -0.4 is 19.5 Å². The van der Waals surface area contributed by atoms with Crippen molar-refractivity contribution in [2.24, 2.45) is 0 Å². The van der Waals surface area contributed by atoms with Gasteiger partial charge in [-0.3, -0.25) is 0 Å². The third-order valence-electron chi connectivity index (χ3n) is 3.59. The average Bonchev–Trinajstić information content (AvgIpc) is 2.83. The average molecular weight is 328 g/mol. The molecular formula is C14H18BrNO3. The number of methoxy groups -OCH3 is 1. The number of nitrogens with one attached hydrogen (secondary N) is 1. The topological polar surface area (TPSA) is 39.7 Å². The first-order valence-corrected chi connectivity index (χ1v) is 7.50. The third kappa shape index (κ3) is 2.41. The Morgan fingerprint density at radius 1 is 1.32 bits per heavy atom. The minimum absolute atomic E-state index is 0.280. The van der Waals surface area contributed by atoms with E-state index in [-0.39, 0.29) is 6.04 Å². The van der Waals surface area contributed by atoms with Crippen molar-refractivity contribution in [3.8, 4) is 17.2 Å². The molecule has 1 atom stereocenters. The number of ether oxygens (including phenoxy) is 3. The normalized spacial score (nSPS) is 22.1. The highest BCUT2D eigenvalue weighted by Gasteiger charge is 2.29. The first-order chi connectivity index (χ1) is 9.31. The molecule has 1 aromatic carbocycles. The van der Waals surface area contributed by atoms with Gasteiger partial charge in [0.15, 0.2) is 11.5 Å². The van der Waals surface area contributed by atoms with Crippen molar-refractivity contribution >= 4 is 15.9 Å². The van der Waals surface area contributed by atoms with E-state index in [0.717, 1.165) is 46.7 Å². The zero-order valence-electron chi connectivity index (χ0n) is 11.0. The Morgan fingerprint density at radius 3 is 2.89 bits per heavy atom. The number of benzene rings is 1. The SMILES string of the molecule is COc1c(Br)cc2c(c1C1CCCN1)OCCCO2. The number of fused-ring (bicyclic) bond motifs is 1. The summed E-state index contributed by atoms with van der Waals surface area (Å²) < 4.78 is 18.2. The first kappa shape index (κ1) is 13.1. The van der Waals surface area contributed by atoms with E-state index in [2.05, 4.69) is 21.2 Å². The molecule has 0 saturated carbocycles. The van der Waals surface area contributed by atoms with Gasteiger partial charge in [-0.25, -0.2) is 0 Å². The number of hydrogen-bond donors (Lipinski definition) is 1. The lowest BCUT2D eigenvalue weighted by atomic mass is 10.0. The second-order valence-electron chi connectivity index (χ2n) is 4.83. The molecule has 2 aliphatic heterocycles. The van der Waals surface area contributed by atoms with Gasteiger partial charge in [-0.1, -0.05) is 0 Å². The van der Waals surface area contributed by atoms with Gasteiger partial charge in [0.1, 0.15) is 5.75 Å². The number of rotatable bonds is 2. The van der Waals surface area contributed by atoms with Gasteiger partial charge in [0.2, 0.25) is 0 Å². The van der Waals surface area contributed by atoms with E-state index in [1.165, 1.54) is 6.42 Å². The smallest absolute Gasteiger partial charge is 0.169 e. The fraction of sp³-hybridized carbons (Fsp3) is 0.571. The molecule has 104 valence electrons. The van der Waals surface area contributed by atoms with Crippen LogP contribution in [0.4, 0.5) is 0 Å². The number of halogens is 1. The van der Waals surface area contributed by atoms with E-state index in [4.69, 9.17) is 14.2 Å². The van der Waals surface area contributed by atoms with Crippen molar-refractivity contribution in [2.45, 2.75) is 25.3 Å². The molecule has 0 aliphatic carbocycles. The van der Waals surface area contributed by atoms with Crippen LogP contribution in [0.25, 0.3) is 0 Å². The van der Waals surface area contributed by atoms with E-state index >= 15 is 0 Å². The van der Waals surface area contributed by atoms with Crippen molar-refractivity contribution in [3.05, 3.63) is 16.1 Å². The Kier molecular flexibility index (Phi) is 3.84. The van der Waals surface area contributed by atoms with E-state index in [0.29, 0.717) is 13.2 Å². The van der Waals surface area contributed by atoms with Crippen molar-refractivity contribution in [3.63, 3.8) is 0 Å². The van der Waals surface area contributed by atoms with E-state index in [1.807, 2.05) is 6.07 Å². The van der Waals surface area contributed by atoms with Gasteiger partial charge in [-0.05, 0) is 35.3 Å². The molecule has 0 aromatic heterocycles. The highest BCUT2D eigenvalue weighted by Crippen LogP contribution is 2.48. The van der Waals surface area contributed by atoms with Crippen LogP contribution in [-0.2, 0) is 0 Å². The van der Waals surface area contributed by atoms with Crippen LogP contribution >= 0.6 is 15.9 Å². The number of hydrogen-bond acceptors (Lipinski definition) is 4. The van der Waals surface area contributed by atoms with Crippen LogP contribution in [0, 0.1) is 0 Å². The molecule has 1 N–H and O–H groups in total. The van der Waals surface area contributed by atoms with E-state index < -0.39 is 0 Å². The largest absolute Gasteiger partial charge is 0.495 e. The van der Waals surface area contributed by atoms with Crippen LogP contribution in [-0.4, -0.2) is 26.9 Å². The molecule has 0 bridgehead atoms. The highest BCUT2D eigenvalue weighted by atomic mass is 79.9. The molecule has 3 rings (SSSR count). The van der Waals surface area contributed by atoms with Crippen LogP contribution in [0.5, 0.6) is 17.2 Å². The second-order valence-corrected chi connectivity index (χ2v) is 5.69. The lowest BCUT2D eigenvalue weighted by Gasteiger charge is -2.21. The van der Waals surface area contributed by atoms with Gasteiger partial charge in [0.25, 0.3) is 0 Å². The third-order valence-corrected chi connectivity index (χ3v) is 4.18. The van der Waals surface area contributed by atoms with Gasteiger partial charge in [0.05, 0.1) is 30.4 Å². The molecule has 0 radical (unpaired) electrons. The van der Waals surface area contributed by atoms with Gasteiger partial charge in [0, 0.05) is 18.5 Å². The van der Waals surface area contributed by atoms with Gasteiger partial charge >= 0.3 is 0 Å². The van der Waals surface area contributed by atoms with Crippen molar-refractivity contribution < 1.29 is 14.2 Å². The first-order valence-electron chi connectivity index (χ1n) is 6.70. The zero-order valence-corrected chi connectivity index (χ0v) is 12.6. The molecular weight excluding hydrogens is 310 g/mol. The molecule has 1 saturated heterocycles. The standard InChI is InChI=1S/C14H18BrNO3/c1-17-13-9(15)8-11-14(19-7-3-6-18-11)12(13)10-4-2-5-16-10/h8,10,16H,2-7H2,1H3. The summed E-state index contributed by atoms with van der Waals surface area (Å²) in [5.41, 5.74) is 1.09. The molecule has 19 heavy (non-hydrogen) atoms. The Bertz CT molecular complexity index is 472. The molecule has 2 aliphatic rings. The van der Waals surface area contributed by atoms with Crippen LogP contribution in [0.15, 0.2) is 10.5 Å². The molecule has 1 aromatic rings. The Morgan fingerprint density at radius 2 is 2.16 bits per heavy atom. The summed E-state index contributed by atoms with van der Waals surface area (Å²) in [6.07, 6.45) is 3.19. The highest BCUT2D eigenvalue weighted by molar-refractivity contribution is 9.10. The lowest BCUT2D eigenvalue weighted by molar-refractivity contribution is 0.294. The summed E-state index contributed by atoms with van der Waals surface area (Å²) in [7, 11) is 1.70. The summed E-state index contributed by atoms with van der Waals surface area (Å²) in [6.45, 7) is 2.43. The fourth-order valence-corrected chi connectivity index (χ4v) is 3.32. The van der Waals surface area contributed by atoms with E-state index in [1.54, 1.807) is 7.11 Å². The zero-order chi connectivity index (χ0) is 13.2. The minimum Gasteiger partial charge on any atom is -0.495 e. The molecule has 1 fully saturated rings. The predicted molar refractivity (Wildman–Crippen MR) is 76.3 cm³/mol. The maximum Gasteiger partial charge on any atom is 0.169 e. The van der Waals surface area contributed by atoms with Gasteiger partial charge in [-0.15, -0.1) is 0 Å². The van der Waals surface area contributed by atoms with Crippen molar-refractivity contribution in [1.29, 1.82) is 0 Å². The van der Waals surface area contributed by atoms with E-state index in [9.17, 15) is 0 Å². The van der Waals surface area contributed by atoms with Gasteiger partial charge in [-0.2, -0.15) is 0 Å². The van der Waals surface area contributed by atoms with Crippen molar-refractivity contribution in [1.82, 2.24) is 5.32 Å². The Balaban J connectivity index is 2.13. The van der Waals surface area contributed by atoms with Crippen LogP contribution in [0.3, 0.4) is 0 Å². The van der Waals surface area contributed by atoms with Gasteiger partial charge < -0.3 is 19.5 Å². The summed E-state index contributed by atoms with van der Waals surface area (Å²) in [5.74, 6) is 2.51. The monoisotopic (exact) mass is 327 g/mol. The molecule has 4 nitrogen and oxygen atoms in total. The minimum atomic E-state index is 0.280. The predicted octanol–water partition coefficient (Wildman–Crippen LogP) is 3.04. The van der Waals surface area contributed by atoms with Crippen LogP contribution in [0.1, 0.15) is 30.9 Å². The lowest BCUT2D eigenvalue weighted by Crippen LogP contribution is -2.15. The summed E-state index contributed by atoms with van der Waals surface area (Å²) >= 11 is 3.57. The van der Waals surface area contributed by atoms with Crippen molar-refractivity contribution in [2.75, 3.05) is 26.9 Å². The molecule has 5 heteroatoms. The Labute approximate surface area is 121 Å². The molecule has 0 amide bonds.